The molecule has 1 aliphatic rings. The van der Waals surface area contributed by atoms with Crippen LogP contribution < -0.4 is 10.2 Å². The fourth-order valence-electron chi connectivity index (χ4n) is 3.52. The maximum atomic E-state index is 12.8. The van der Waals surface area contributed by atoms with Crippen LogP contribution in [0.15, 0.2) is 54.6 Å². The van der Waals surface area contributed by atoms with Gasteiger partial charge in [0.25, 0.3) is 0 Å². The topological polar surface area (TPSA) is 35.6 Å². The number of carbonyl (C=O) groups excluding carboxylic acids is 1. The van der Waals surface area contributed by atoms with E-state index in [1.165, 1.54) is 11.3 Å². The summed E-state index contributed by atoms with van der Waals surface area (Å²) in [7, 11) is 0. The van der Waals surface area contributed by atoms with Crippen LogP contribution in [0, 0.1) is 0 Å². The number of carbonyl (C=O) groups is 1. The third-order valence-electron chi connectivity index (χ3n) is 5.20. The first kappa shape index (κ1) is 18.5. The first-order chi connectivity index (χ1) is 12.6. The lowest BCUT2D eigenvalue weighted by molar-refractivity contribution is -0.120. The van der Waals surface area contributed by atoms with Crippen molar-refractivity contribution in [3.8, 4) is 0 Å². The molecule has 4 heteroatoms. The highest BCUT2D eigenvalue weighted by atomic mass is 16.2. The third-order valence-corrected chi connectivity index (χ3v) is 5.20. The smallest absolute Gasteiger partial charge is 0.241 e. The van der Waals surface area contributed by atoms with Gasteiger partial charge in [-0.1, -0.05) is 50.2 Å². The molecule has 1 fully saturated rings. The van der Waals surface area contributed by atoms with Crippen LogP contribution in [0.3, 0.4) is 0 Å². The lowest BCUT2D eigenvalue weighted by Gasteiger charge is -2.38. The summed E-state index contributed by atoms with van der Waals surface area (Å²) in [6.07, 6.45) is 0. The highest BCUT2D eigenvalue weighted by Crippen LogP contribution is 2.24. The molecule has 138 valence electrons. The number of nitrogens with one attached hydrogen (secondary N) is 1. The van der Waals surface area contributed by atoms with Gasteiger partial charge >= 0.3 is 0 Å². The Bertz CT molecular complexity index is 721. The Labute approximate surface area is 156 Å². The molecule has 26 heavy (non-hydrogen) atoms. The molecule has 0 unspecified atom stereocenters. The second-order valence-corrected chi connectivity index (χ2v) is 7.27. The number of benzene rings is 2. The first-order valence-electron chi connectivity index (χ1n) is 9.50. The van der Waals surface area contributed by atoms with Crippen LogP contribution in [0.2, 0.25) is 0 Å². The monoisotopic (exact) mass is 351 g/mol. The fraction of sp³-hybridized carbons (Fsp3) is 0.409. The Morgan fingerprint density at radius 3 is 2.15 bits per heavy atom. The maximum Gasteiger partial charge on any atom is 0.241 e. The van der Waals surface area contributed by atoms with Crippen LogP contribution in [0.1, 0.15) is 32.3 Å². The van der Waals surface area contributed by atoms with Crippen molar-refractivity contribution in [2.45, 2.75) is 32.7 Å². The van der Waals surface area contributed by atoms with E-state index in [9.17, 15) is 4.79 Å². The van der Waals surface area contributed by atoms with Crippen LogP contribution in [0.25, 0.3) is 0 Å². The fourth-order valence-corrected chi connectivity index (χ4v) is 3.52. The van der Waals surface area contributed by atoms with Crippen molar-refractivity contribution in [3.05, 3.63) is 60.2 Å². The average Bonchev–Trinajstić information content (AvgIpc) is 2.68. The zero-order chi connectivity index (χ0) is 18.5. The predicted molar refractivity (Wildman–Crippen MR) is 109 cm³/mol. The summed E-state index contributed by atoms with van der Waals surface area (Å²) in [5.74, 6) is 0.461. The lowest BCUT2D eigenvalue weighted by atomic mass is 10.0. The molecular weight excluding hydrogens is 322 g/mol. The predicted octanol–water partition coefficient (Wildman–Crippen LogP) is 3.96. The molecule has 1 aliphatic heterocycles. The standard InChI is InChI=1S/C22H29N3O/c1-17(2)20-11-7-8-12-21(20)23-22(26)18(3)24-13-15-25(16-14-24)19-9-5-4-6-10-19/h4-12,17-18H,13-16H2,1-3H3,(H,23,26)/t18-/m1/s1. The quantitative estimate of drug-likeness (QED) is 0.886. The highest BCUT2D eigenvalue weighted by molar-refractivity contribution is 5.95. The third kappa shape index (κ3) is 4.25. The minimum absolute atomic E-state index is 0.0752. The van der Waals surface area contributed by atoms with E-state index in [0.29, 0.717) is 5.92 Å². The molecule has 1 heterocycles. The van der Waals surface area contributed by atoms with E-state index < -0.39 is 0 Å². The van der Waals surface area contributed by atoms with E-state index in [1.54, 1.807) is 0 Å². The van der Waals surface area contributed by atoms with Crippen molar-refractivity contribution in [1.82, 2.24) is 4.90 Å². The first-order valence-corrected chi connectivity index (χ1v) is 9.50. The van der Waals surface area contributed by atoms with Crippen molar-refractivity contribution in [3.63, 3.8) is 0 Å². The van der Waals surface area contributed by atoms with Gasteiger partial charge in [0.1, 0.15) is 0 Å². The molecule has 0 bridgehead atoms. The molecule has 0 radical (unpaired) electrons. The second kappa shape index (κ2) is 8.37. The number of piperazine rings is 1. The van der Waals surface area contributed by atoms with Crippen molar-refractivity contribution in [1.29, 1.82) is 0 Å². The van der Waals surface area contributed by atoms with Gasteiger partial charge in [0.05, 0.1) is 6.04 Å². The molecule has 1 N–H and O–H groups in total. The van der Waals surface area contributed by atoms with Crippen molar-refractivity contribution in [2.24, 2.45) is 0 Å². The lowest BCUT2D eigenvalue weighted by Crippen LogP contribution is -2.52. The molecule has 0 aromatic heterocycles. The van der Waals surface area contributed by atoms with Gasteiger partial charge in [0.15, 0.2) is 0 Å². The van der Waals surface area contributed by atoms with Gasteiger partial charge in [0, 0.05) is 37.6 Å². The second-order valence-electron chi connectivity index (χ2n) is 7.27. The summed E-state index contributed by atoms with van der Waals surface area (Å²) >= 11 is 0. The van der Waals surface area contributed by atoms with E-state index >= 15 is 0 Å². The van der Waals surface area contributed by atoms with Crippen LogP contribution in [0.4, 0.5) is 11.4 Å². The molecule has 4 nitrogen and oxygen atoms in total. The molecule has 1 atom stereocenters. The Kier molecular flexibility index (Phi) is 5.94. The molecule has 0 aliphatic carbocycles. The average molecular weight is 351 g/mol. The molecule has 2 aromatic carbocycles. The number of nitrogens with zero attached hydrogens (tertiary/aromatic N) is 2. The van der Waals surface area contributed by atoms with E-state index in [1.807, 2.05) is 31.2 Å². The van der Waals surface area contributed by atoms with Crippen LogP contribution in [-0.2, 0) is 4.79 Å². The van der Waals surface area contributed by atoms with Crippen molar-refractivity contribution in [2.75, 3.05) is 36.4 Å². The molecule has 1 saturated heterocycles. The van der Waals surface area contributed by atoms with Gasteiger partial charge < -0.3 is 10.2 Å². The molecule has 3 rings (SSSR count). The number of rotatable bonds is 5. The van der Waals surface area contributed by atoms with Gasteiger partial charge in [0.2, 0.25) is 5.91 Å². The van der Waals surface area contributed by atoms with Gasteiger partial charge in [-0.25, -0.2) is 0 Å². The number of hydrogen-bond acceptors (Lipinski definition) is 3. The normalized spacial score (nSPS) is 16.5. The van der Waals surface area contributed by atoms with Gasteiger partial charge in [-0.05, 0) is 36.6 Å². The summed E-state index contributed by atoms with van der Waals surface area (Å²) < 4.78 is 0. The number of para-hydroxylation sites is 2. The van der Waals surface area contributed by atoms with Gasteiger partial charge in [-0.15, -0.1) is 0 Å². The Balaban J connectivity index is 1.58. The van der Waals surface area contributed by atoms with Gasteiger partial charge in [-0.3, -0.25) is 9.69 Å². The van der Waals surface area contributed by atoms with Crippen LogP contribution >= 0.6 is 0 Å². The molecule has 0 spiro atoms. The molecular formula is C22H29N3O. The SMILES string of the molecule is CC(C)c1ccccc1NC(=O)[C@@H](C)N1CCN(c2ccccc2)CC1. The largest absolute Gasteiger partial charge is 0.369 e. The summed E-state index contributed by atoms with van der Waals surface area (Å²) in [5.41, 5.74) is 3.37. The number of hydrogen-bond donors (Lipinski definition) is 1. The van der Waals surface area contributed by atoms with Crippen LogP contribution in [0.5, 0.6) is 0 Å². The zero-order valence-electron chi connectivity index (χ0n) is 16.0. The van der Waals surface area contributed by atoms with Gasteiger partial charge in [-0.2, -0.15) is 0 Å². The van der Waals surface area contributed by atoms with Crippen molar-refractivity contribution < 1.29 is 4.79 Å². The summed E-state index contributed by atoms with van der Waals surface area (Å²) in [6.45, 7) is 10.00. The Morgan fingerprint density at radius 2 is 1.50 bits per heavy atom. The van der Waals surface area contributed by atoms with E-state index in [2.05, 4.69) is 59.3 Å². The van der Waals surface area contributed by atoms with Crippen LogP contribution in [-0.4, -0.2) is 43.0 Å². The Hall–Kier alpha value is -2.33. The number of anilines is 2. The highest BCUT2D eigenvalue weighted by Gasteiger charge is 2.26. The van der Waals surface area contributed by atoms with E-state index in [4.69, 9.17) is 0 Å². The van der Waals surface area contributed by atoms with E-state index in [-0.39, 0.29) is 11.9 Å². The van der Waals surface area contributed by atoms with E-state index in [0.717, 1.165) is 31.9 Å². The minimum atomic E-state index is -0.131. The van der Waals surface area contributed by atoms with Crippen molar-refractivity contribution >= 4 is 17.3 Å². The Morgan fingerprint density at radius 1 is 0.885 bits per heavy atom. The molecule has 1 amide bonds. The number of amides is 1. The molecule has 0 saturated carbocycles. The zero-order valence-corrected chi connectivity index (χ0v) is 16.0. The molecule has 2 aromatic rings. The minimum Gasteiger partial charge on any atom is -0.369 e. The summed E-state index contributed by atoms with van der Waals surface area (Å²) in [5, 5.41) is 3.14. The summed E-state index contributed by atoms with van der Waals surface area (Å²) in [6, 6.07) is 18.4. The summed E-state index contributed by atoms with van der Waals surface area (Å²) in [4.78, 5) is 17.4. The maximum absolute atomic E-state index is 12.8.